The maximum Gasteiger partial charge on any atom is 0.247 e. The topological polar surface area (TPSA) is 115 Å². The number of benzene rings is 3. The molecule has 158 valence electrons. The number of hydrogen-bond acceptors (Lipinski definition) is 6. The number of fused-ring (bicyclic) bond motifs is 1. The summed E-state index contributed by atoms with van der Waals surface area (Å²) < 4.78 is 24.9. The first-order valence-electron chi connectivity index (χ1n) is 9.75. The molecular weight excluding hydrogens is 424 g/mol. The van der Waals surface area contributed by atoms with Gasteiger partial charge in [-0.1, -0.05) is 60.7 Å². The number of aromatic nitrogens is 4. The van der Waals surface area contributed by atoms with Crippen molar-refractivity contribution in [1.82, 2.24) is 19.6 Å². The molecule has 8 nitrogen and oxygen atoms in total. The molecule has 0 saturated heterocycles. The van der Waals surface area contributed by atoms with Crippen molar-refractivity contribution < 1.29 is 8.42 Å². The van der Waals surface area contributed by atoms with Gasteiger partial charge in [0.1, 0.15) is 5.69 Å². The first-order chi connectivity index (χ1) is 15.5. The highest BCUT2D eigenvalue weighted by Crippen LogP contribution is 2.32. The van der Waals surface area contributed by atoms with Crippen molar-refractivity contribution in [2.45, 2.75) is 4.90 Å². The molecular formula is C23H18N6O2S. The maximum absolute atomic E-state index is 11.6. The van der Waals surface area contributed by atoms with E-state index in [9.17, 15) is 8.42 Å². The van der Waals surface area contributed by atoms with Gasteiger partial charge in [-0.3, -0.25) is 4.98 Å². The molecule has 0 aliphatic carbocycles. The van der Waals surface area contributed by atoms with Crippen LogP contribution in [0.25, 0.3) is 28.0 Å². The smallest absolute Gasteiger partial charge is 0.247 e. The molecule has 0 radical (unpaired) electrons. The van der Waals surface area contributed by atoms with Gasteiger partial charge in [-0.05, 0) is 29.3 Å². The molecule has 0 aliphatic rings. The van der Waals surface area contributed by atoms with Crippen LogP contribution in [0, 0.1) is 0 Å². The second-order valence-electron chi connectivity index (χ2n) is 7.09. The van der Waals surface area contributed by atoms with Gasteiger partial charge in [0.05, 0.1) is 4.90 Å². The molecule has 3 aromatic carbocycles. The highest BCUT2D eigenvalue weighted by atomic mass is 32.2. The number of anilines is 2. The third-order valence-corrected chi connectivity index (χ3v) is 5.85. The zero-order valence-electron chi connectivity index (χ0n) is 16.8. The maximum atomic E-state index is 11.6. The average Bonchev–Trinajstić information content (AvgIpc) is 3.22. The van der Waals surface area contributed by atoms with Crippen LogP contribution < -0.4 is 10.5 Å². The van der Waals surface area contributed by atoms with Gasteiger partial charge in [-0.15, -0.1) is 5.10 Å². The second-order valence-corrected chi connectivity index (χ2v) is 8.65. The third-order valence-electron chi connectivity index (χ3n) is 4.94. The van der Waals surface area contributed by atoms with Gasteiger partial charge >= 0.3 is 0 Å². The molecule has 0 bridgehead atoms. The number of nitrogens with one attached hydrogen (secondary N) is 1. The zero-order valence-corrected chi connectivity index (χ0v) is 17.6. The van der Waals surface area contributed by atoms with Crippen LogP contribution in [0.15, 0.2) is 96.2 Å². The summed E-state index contributed by atoms with van der Waals surface area (Å²) in [6.07, 6.45) is 3.38. The van der Waals surface area contributed by atoms with E-state index < -0.39 is 10.0 Å². The first kappa shape index (κ1) is 19.9. The highest BCUT2D eigenvalue weighted by molar-refractivity contribution is 7.89. The van der Waals surface area contributed by atoms with Gasteiger partial charge in [0.25, 0.3) is 0 Å². The summed E-state index contributed by atoms with van der Waals surface area (Å²) in [4.78, 5) is 9.20. The van der Waals surface area contributed by atoms with E-state index >= 15 is 0 Å². The summed E-state index contributed by atoms with van der Waals surface area (Å²) in [5.41, 5.74) is 4.80. The van der Waals surface area contributed by atoms with E-state index in [-0.39, 0.29) is 4.90 Å². The number of hydrogen-bond donors (Lipinski definition) is 2. The molecule has 0 fully saturated rings. The number of primary sulfonamides is 1. The predicted octanol–water partition coefficient (Wildman–Crippen LogP) is 3.85. The molecule has 0 amide bonds. The Labute approximate surface area is 184 Å². The Morgan fingerprint density at radius 2 is 1.62 bits per heavy atom. The molecule has 3 N–H and O–H groups in total. The molecule has 2 aromatic heterocycles. The Bertz CT molecular complexity index is 1530. The molecule has 5 aromatic rings. The van der Waals surface area contributed by atoms with E-state index in [0.717, 1.165) is 16.7 Å². The predicted molar refractivity (Wildman–Crippen MR) is 123 cm³/mol. The minimum absolute atomic E-state index is 0.00501. The fraction of sp³-hybridized carbons (Fsp3) is 0. The highest BCUT2D eigenvalue weighted by Gasteiger charge is 2.15. The Morgan fingerprint density at radius 3 is 2.41 bits per heavy atom. The minimum Gasteiger partial charge on any atom is -0.323 e. The SMILES string of the molecule is NS(=O)(=O)c1cccc(Nc2nc3c(-c4ccccc4-c4ccccc4)nccn3n2)c1. The normalized spacial score (nSPS) is 11.5. The van der Waals surface area contributed by atoms with Gasteiger partial charge in [0.2, 0.25) is 16.0 Å². The second kappa shape index (κ2) is 7.88. The molecule has 0 saturated carbocycles. The quantitative estimate of drug-likeness (QED) is 0.427. The minimum atomic E-state index is -3.81. The lowest BCUT2D eigenvalue weighted by Gasteiger charge is -2.09. The van der Waals surface area contributed by atoms with Crippen LogP contribution in [0.5, 0.6) is 0 Å². The van der Waals surface area contributed by atoms with Gasteiger partial charge in [-0.2, -0.15) is 4.98 Å². The van der Waals surface area contributed by atoms with Crippen LogP contribution in [0.1, 0.15) is 0 Å². The van der Waals surface area contributed by atoms with Gasteiger partial charge in [0, 0.05) is 23.6 Å². The van der Waals surface area contributed by atoms with Crippen LogP contribution in [-0.4, -0.2) is 28.0 Å². The zero-order chi connectivity index (χ0) is 22.1. The summed E-state index contributed by atoms with van der Waals surface area (Å²) in [6.45, 7) is 0. The van der Waals surface area contributed by atoms with Gasteiger partial charge in [0.15, 0.2) is 5.65 Å². The molecule has 0 atom stereocenters. The Kier molecular flexibility index (Phi) is 4.89. The van der Waals surface area contributed by atoms with E-state index in [1.165, 1.54) is 12.1 Å². The largest absolute Gasteiger partial charge is 0.323 e. The average molecular weight is 443 g/mol. The van der Waals surface area contributed by atoms with Crippen LogP contribution in [-0.2, 0) is 10.0 Å². The van der Waals surface area contributed by atoms with Crippen LogP contribution in [0.4, 0.5) is 11.6 Å². The fourth-order valence-electron chi connectivity index (χ4n) is 3.50. The van der Waals surface area contributed by atoms with Crippen molar-refractivity contribution in [3.8, 4) is 22.4 Å². The molecule has 2 heterocycles. The van der Waals surface area contributed by atoms with Crippen LogP contribution in [0.2, 0.25) is 0 Å². The van der Waals surface area contributed by atoms with Crippen LogP contribution in [0.3, 0.4) is 0 Å². The lowest BCUT2D eigenvalue weighted by atomic mass is 9.98. The van der Waals surface area contributed by atoms with E-state index in [1.807, 2.05) is 54.6 Å². The molecule has 9 heteroatoms. The van der Waals surface area contributed by atoms with Crippen molar-refractivity contribution in [1.29, 1.82) is 0 Å². The molecule has 5 rings (SSSR count). The van der Waals surface area contributed by atoms with Gasteiger partial charge < -0.3 is 5.32 Å². The van der Waals surface area contributed by atoms with Crippen LogP contribution >= 0.6 is 0 Å². The summed E-state index contributed by atoms with van der Waals surface area (Å²) in [6, 6.07) is 24.2. The summed E-state index contributed by atoms with van der Waals surface area (Å²) in [5, 5.41) is 12.7. The Balaban J connectivity index is 1.58. The Hall–Kier alpha value is -4.08. The van der Waals surface area contributed by atoms with Crippen molar-refractivity contribution in [3.05, 3.63) is 91.3 Å². The van der Waals surface area contributed by atoms with Crippen molar-refractivity contribution in [2.24, 2.45) is 5.14 Å². The van der Waals surface area contributed by atoms with E-state index in [2.05, 4.69) is 20.4 Å². The van der Waals surface area contributed by atoms with Crippen molar-refractivity contribution in [2.75, 3.05) is 5.32 Å². The van der Waals surface area contributed by atoms with Gasteiger partial charge in [-0.25, -0.2) is 18.1 Å². The summed E-state index contributed by atoms with van der Waals surface area (Å²) in [7, 11) is -3.81. The lowest BCUT2D eigenvalue weighted by Crippen LogP contribution is -2.12. The van der Waals surface area contributed by atoms with Crippen molar-refractivity contribution in [3.63, 3.8) is 0 Å². The standard InChI is InChI=1S/C23H18N6O2S/c24-32(30,31)18-10-6-9-17(15-18)26-23-27-22-21(25-13-14-29(22)28-23)20-12-5-4-11-19(20)16-7-2-1-3-8-16/h1-15H,(H,26,28)(H2,24,30,31). The fourth-order valence-corrected chi connectivity index (χ4v) is 4.06. The monoisotopic (exact) mass is 442 g/mol. The molecule has 0 spiro atoms. The number of sulfonamides is 1. The number of nitrogens with two attached hydrogens (primary N) is 1. The third kappa shape index (κ3) is 3.82. The number of nitrogens with zero attached hydrogens (tertiary/aromatic N) is 4. The van der Waals surface area contributed by atoms with E-state index in [0.29, 0.717) is 23.0 Å². The molecule has 32 heavy (non-hydrogen) atoms. The first-order valence-corrected chi connectivity index (χ1v) is 11.3. The summed E-state index contributed by atoms with van der Waals surface area (Å²) >= 11 is 0. The van der Waals surface area contributed by atoms with E-state index in [4.69, 9.17) is 5.14 Å². The summed E-state index contributed by atoms with van der Waals surface area (Å²) in [5.74, 6) is 0.308. The molecule has 0 unspecified atom stereocenters. The van der Waals surface area contributed by atoms with Crippen molar-refractivity contribution >= 4 is 27.3 Å². The Morgan fingerprint density at radius 1 is 0.875 bits per heavy atom. The number of rotatable bonds is 5. The molecule has 0 aliphatic heterocycles. The lowest BCUT2D eigenvalue weighted by molar-refractivity contribution is 0.598. The van der Waals surface area contributed by atoms with E-state index in [1.54, 1.807) is 29.0 Å².